The number of hydrogen-bond acceptors (Lipinski definition) is 10. The second kappa shape index (κ2) is 21.5. The number of aryl methyl sites for hydroxylation is 2. The van der Waals surface area contributed by atoms with Gasteiger partial charge in [-0.2, -0.15) is 9.10 Å². The number of nitrogens with zero attached hydrogens (tertiary/aromatic N) is 5. The number of methoxy groups -OCH3 is 3. The first-order valence-electron chi connectivity index (χ1n) is 19.3. The first kappa shape index (κ1) is 42.3. The van der Waals surface area contributed by atoms with Crippen molar-refractivity contribution in [3.63, 3.8) is 0 Å². The number of unbranched alkanes of at least 4 members (excludes halogenated alkanes) is 6. The molecular weight excluding hydrogens is 731 g/mol. The van der Waals surface area contributed by atoms with Gasteiger partial charge in [-0.25, -0.2) is 8.42 Å². The number of sulfonamides is 1. The number of aromatic nitrogens is 4. The number of aliphatic hydroxyl groups excluding tert-OH is 2. The zero-order valence-corrected chi connectivity index (χ0v) is 33.6. The van der Waals surface area contributed by atoms with E-state index in [4.69, 9.17) is 19.3 Å². The summed E-state index contributed by atoms with van der Waals surface area (Å²) < 4.78 is 48.8. The van der Waals surface area contributed by atoms with E-state index in [0.29, 0.717) is 54.9 Å². The summed E-state index contributed by atoms with van der Waals surface area (Å²) >= 11 is 0. The minimum Gasteiger partial charge on any atom is -0.497 e. The Hall–Kier alpha value is -4.82. The van der Waals surface area contributed by atoms with Crippen molar-refractivity contribution in [3.05, 3.63) is 113 Å². The topological polar surface area (TPSA) is 149 Å². The molecule has 0 saturated carbocycles. The Morgan fingerprint density at radius 2 is 1.04 bits per heavy atom. The number of ether oxygens (including phenoxy) is 3. The van der Waals surface area contributed by atoms with Crippen LogP contribution in [0.5, 0.6) is 17.2 Å². The second-order valence-corrected chi connectivity index (χ2v) is 15.7. The fourth-order valence-corrected chi connectivity index (χ4v) is 8.58. The summed E-state index contributed by atoms with van der Waals surface area (Å²) in [6.45, 7) is 0.814. The van der Waals surface area contributed by atoms with Crippen LogP contribution in [0.15, 0.2) is 89.8 Å². The molecule has 1 heterocycles. The quantitative estimate of drug-likeness (QED) is 0.0627. The summed E-state index contributed by atoms with van der Waals surface area (Å²) in [4.78, 5) is 1.69. The molecule has 0 saturated heterocycles. The molecule has 0 aliphatic carbocycles. The van der Waals surface area contributed by atoms with Crippen molar-refractivity contribution in [2.24, 2.45) is 0 Å². The molecular formula is C43H55N5O7S. The van der Waals surface area contributed by atoms with Gasteiger partial charge in [-0.1, -0.05) is 74.2 Å². The molecule has 5 rings (SSSR count). The third-order valence-electron chi connectivity index (χ3n) is 9.83. The summed E-state index contributed by atoms with van der Waals surface area (Å²) in [6, 6.07) is 26.4. The summed E-state index contributed by atoms with van der Waals surface area (Å²) in [7, 11) is 0.582. The number of rotatable bonds is 24. The van der Waals surface area contributed by atoms with Crippen molar-refractivity contribution < 1.29 is 32.8 Å². The average molecular weight is 786 g/mol. The maximum atomic E-state index is 15.6. The molecule has 0 bridgehead atoms. The third kappa shape index (κ3) is 11.6. The van der Waals surface area contributed by atoms with E-state index < -0.39 is 10.0 Å². The molecule has 56 heavy (non-hydrogen) atoms. The molecule has 5 aromatic rings. The normalized spacial score (nSPS) is 11.6. The van der Waals surface area contributed by atoms with Crippen LogP contribution in [0.3, 0.4) is 0 Å². The number of tetrazole rings is 1. The minimum atomic E-state index is -4.24. The standard InChI is InChI=1S/C43H55N5O7S/c1-53-38-22-14-33(15-23-38)30-47(31-34-16-24-39(54-2)25-17-34)56(51,52)42-37(13-9-5-7-11-29-50)21-20-36(12-8-4-6-10-28-49)41(42)43-44-46-48(45-43)32-35-18-26-40(55-3)27-19-35/h14-27,49-50H,4-13,28-32H2,1-3H3. The van der Waals surface area contributed by atoms with Gasteiger partial charge < -0.3 is 24.4 Å². The third-order valence-corrected chi connectivity index (χ3v) is 11.7. The van der Waals surface area contributed by atoms with Gasteiger partial charge in [0.1, 0.15) is 17.2 Å². The molecule has 13 heteroatoms. The molecule has 4 aromatic carbocycles. The lowest BCUT2D eigenvalue weighted by Crippen LogP contribution is -2.32. The monoisotopic (exact) mass is 785 g/mol. The highest BCUT2D eigenvalue weighted by Crippen LogP contribution is 2.37. The fraction of sp³-hybridized carbons (Fsp3) is 0.419. The van der Waals surface area contributed by atoms with E-state index >= 15 is 8.42 Å². The van der Waals surface area contributed by atoms with Gasteiger partial charge in [0.15, 0.2) is 0 Å². The molecule has 0 unspecified atom stereocenters. The van der Waals surface area contributed by atoms with E-state index in [1.165, 1.54) is 9.10 Å². The predicted molar refractivity (Wildman–Crippen MR) is 216 cm³/mol. The molecule has 0 aliphatic heterocycles. The van der Waals surface area contributed by atoms with Crippen LogP contribution in [-0.2, 0) is 42.5 Å². The maximum absolute atomic E-state index is 15.6. The zero-order valence-electron chi connectivity index (χ0n) is 32.8. The smallest absolute Gasteiger partial charge is 0.244 e. The highest BCUT2D eigenvalue weighted by molar-refractivity contribution is 7.89. The van der Waals surface area contributed by atoms with Gasteiger partial charge >= 0.3 is 0 Å². The van der Waals surface area contributed by atoms with E-state index in [1.54, 1.807) is 21.3 Å². The van der Waals surface area contributed by atoms with Crippen LogP contribution in [0, 0.1) is 0 Å². The van der Waals surface area contributed by atoms with E-state index in [9.17, 15) is 10.2 Å². The molecule has 300 valence electrons. The lowest BCUT2D eigenvalue weighted by Gasteiger charge is -2.26. The van der Waals surface area contributed by atoms with Crippen LogP contribution >= 0.6 is 0 Å². The van der Waals surface area contributed by atoms with Crippen LogP contribution in [-0.4, -0.2) is 77.7 Å². The van der Waals surface area contributed by atoms with E-state index in [1.807, 2.05) is 84.9 Å². The van der Waals surface area contributed by atoms with Gasteiger partial charge in [-0.3, -0.25) is 0 Å². The van der Waals surface area contributed by atoms with E-state index in [-0.39, 0.29) is 37.0 Å². The van der Waals surface area contributed by atoms with Crippen LogP contribution in [0.4, 0.5) is 0 Å². The fourth-order valence-electron chi connectivity index (χ4n) is 6.70. The van der Waals surface area contributed by atoms with E-state index in [2.05, 4.69) is 10.3 Å². The van der Waals surface area contributed by atoms with Crippen molar-refractivity contribution in [1.82, 2.24) is 24.5 Å². The first-order chi connectivity index (χ1) is 27.3. The number of aliphatic hydroxyl groups is 2. The van der Waals surface area contributed by atoms with Gasteiger partial charge in [-0.05, 0) is 108 Å². The van der Waals surface area contributed by atoms with Gasteiger partial charge in [0.05, 0.1) is 32.8 Å². The Balaban J connectivity index is 1.64. The highest BCUT2D eigenvalue weighted by Gasteiger charge is 2.33. The Morgan fingerprint density at radius 1 is 0.589 bits per heavy atom. The zero-order chi connectivity index (χ0) is 39.8. The molecule has 0 amide bonds. The molecule has 2 N–H and O–H groups in total. The van der Waals surface area contributed by atoms with Crippen LogP contribution in [0.2, 0.25) is 0 Å². The first-order valence-corrected chi connectivity index (χ1v) is 20.8. The lowest BCUT2D eigenvalue weighted by molar-refractivity contribution is 0.282. The maximum Gasteiger partial charge on any atom is 0.244 e. The molecule has 0 atom stereocenters. The van der Waals surface area contributed by atoms with Gasteiger partial charge in [0, 0.05) is 31.9 Å². The van der Waals surface area contributed by atoms with E-state index in [0.717, 1.165) is 66.5 Å². The minimum absolute atomic E-state index is 0.108. The van der Waals surface area contributed by atoms with Crippen LogP contribution in [0.25, 0.3) is 11.4 Å². The van der Waals surface area contributed by atoms with Crippen molar-refractivity contribution >= 4 is 10.0 Å². The summed E-state index contributed by atoms with van der Waals surface area (Å²) in [5.74, 6) is 2.35. The van der Waals surface area contributed by atoms with Crippen molar-refractivity contribution in [3.8, 4) is 28.6 Å². The Kier molecular flexibility index (Phi) is 16.2. The summed E-state index contributed by atoms with van der Waals surface area (Å²) in [5, 5.41) is 32.5. The molecule has 0 radical (unpaired) electrons. The summed E-state index contributed by atoms with van der Waals surface area (Å²) in [5.41, 5.74) is 4.53. The molecule has 0 aliphatic rings. The van der Waals surface area contributed by atoms with Gasteiger partial charge in [-0.15, -0.1) is 10.2 Å². The predicted octanol–water partition coefficient (Wildman–Crippen LogP) is 7.00. The van der Waals surface area contributed by atoms with Crippen molar-refractivity contribution in [2.75, 3.05) is 34.5 Å². The lowest BCUT2D eigenvalue weighted by atomic mass is 9.95. The second-order valence-electron chi connectivity index (χ2n) is 13.8. The Morgan fingerprint density at radius 3 is 1.52 bits per heavy atom. The number of hydrogen-bond donors (Lipinski definition) is 2. The molecule has 1 aromatic heterocycles. The molecule has 12 nitrogen and oxygen atoms in total. The van der Waals surface area contributed by atoms with Crippen LogP contribution < -0.4 is 14.2 Å². The Bertz CT molecular complexity index is 1990. The average Bonchev–Trinajstić information content (AvgIpc) is 3.69. The molecule has 0 spiro atoms. The van der Waals surface area contributed by atoms with Crippen LogP contribution in [0.1, 0.15) is 79.2 Å². The van der Waals surface area contributed by atoms with Gasteiger partial charge in [0.2, 0.25) is 15.8 Å². The van der Waals surface area contributed by atoms with Gasteiger partial charge in [0.25, 0.3) is 0 Å². The number of benzene rings is 4. The molecule has 0 fully saturated rings. The SMILES string of the molecule is COc1ccc(CN(Cc2ccc(OC)cc2)S(=O)(=O)c2c(CCCCCCO)ccc(CCCCCCO)c2-c2nnn(Cc3ccc(OC)cc3)n2)cc1. The largest absolute Gasteiger partial charge is 0.497 e. The summed E-state index contributed by atoms with van der Waals surface area (Å²) in [6.07, 6.45) is 7.53. The Labute approximate surface area is 331 Å². The highest BCUT2D eigenvalue weighted by atomic mass is 32.2. The van der Waals surface area contributed by atoms with Crippen molar-refractivity contribution in [1.29, 1.82) is 0 Å². The van der Waals surface area contributed by atoms with Crippen molar-refractivity contribution in [2.45, 2.75) is 88.7 Å².